The number of nitrogen functional groups attached to an aromatic ring is 1. The molecule has 3 nitrogen and oxygen atoms in total. The Morgan fingerprint density at radius 3 is 2.67 bits per heavy atom. The molecule has 5 heteroatoms. The monoisotopic (exact) mass is 303 g/mol. The Labute approximate surface area is 127 Å². The van der Waals surface area contributed by atoms with Gasteiger partial charge in [-0.05, 0) is 44.2 Å². The van der Waals surface area contributed by atoms with Gasteiger partial charge in [-0.1, -0.05) is 17.7 Å². The van der Waals surface area contributed by atoms with Gasteiger partial charge in [0.2, 0.25) is 0 Å². The van der Waals surface area contributed by atoms with Gasteiger partial charge < -0.3 is 10.3 Å². The van der Waals surface area contributed by atoms with Gasteiger partial charge in [0.05, 0.1) is 21.6 Å². The van der Waals surface area contributed by atoms with E-state index in [2.05, 4.69) is 4.98 Å². The van der Waals surface area contributed by atoms with Crippen molar-refractivity contribution >= 4 is 28.3 Å². The molecule has 0 saturated carbocycles. The van der Waals surface area contributed by atoms with Crippen molar-refractivity contribution in [3.05, 3.63) is 47.2 Å². The summed E-state index contributed by atoms with van der Waals surface area (Å²) in [5.74, 6) is 0.175. The Morgan fingerprint density at radius 2 is 2.00 bits per heavy atom. The van der Waals surface area contributed by atoms with Crippen molar-refractivity contribution in [2.45, 2.75) is 19.9 Å². The maximum absolute atomic E-state index is 14.2. The van der Waals surface area contributed by atoms with Crippen LogP contribution in [0.15, 0.2) is 36.4 Å². The number of nitrogens with two attached hydrogens (primary N) is 1. The fraction of sp³-hybridized carbons (Fsp3) is 0.188. The molecule has 0 amide bonds. The molecule has 0 radical (unpaired) electrons. The highest BCUT2D eigenvalue weighted by Gasteiger charge is 2.19. The molecule has 0 bridgehead atoms. The molecule has 0 aliphatic rings. The highest BCUT2D eigenvalue weighted by molar-refractivity contribution is 6.35. The minimum atomic E-state index is -0.386. The number of benzene rings is 2. The Kier molecular flexibility index (Phi) is 3.33. The number of anilines is 1. The second-order valence-corrected chi connectivity index (χ2v) is 5.65. The first kappa shape index (κ1) is 13.9. The molecule has 0 aliphatic heterocycles. The van der Waals surface area contributed by atoms with Gasteiger partial charge in [-0.15, -0.1) is 0 Å². The lowest BCUT2D eigenvalue weighted by molar-refractivity contribution is 0.608. The minimum absolute atomic E-state index is 0.0989. The van der Waals surface area contributed by atoms with Crippen molar-refractivity contribution in [2.24, 2.45) is 0 Å². The van der Waals surface area contributed by atoms with E-state index in [1.165, 1.54) is 6.07 Å². The highest BCUT2D eigenvalue weighted by Crippen LogP contribution is 2.33. The summed E-state index contributed by atoms with van der Waals surface area (Å²) < 4.78 is 16.2. The maximum atomic E-state index is 14.2. The molecular formula is C16H15ClFN3. The molecule has 2 aromatic carbocycles. The van der Waals surface area contributed by atoms with Crippen molar-refractivity contribution < 1.29 is 4.39 Å². The normalized spacial score (nSPS) is 11.5. The van der Waals surface area contributed by atoms with Crippen molar-refractivity contribution in [1.82, 2.24) is 9.55 Å². The van der Waals surface area contributed by atoms with Crippen LogP contribution in [0.3, 0.4) is 0 Å². The zero-order valence-corrected chi connectivity index (χ0v) is 12.5. The molecule has 0 fully saturated rings. The number of fused-ring (bicyclic) bond motifs is 1. The lowest BCUT2D eigenvalue weighted by Crippen LogP contribution is -2.04. The first-order valence-electron chi connectivity index (χ1n) is 6.71. The van der Waals surface area contributed by atoms with Crippen LogP contribution in [0.2, 0.25) is 5.02 Å². The lowest BCUT2D eigenvalue weighted by Gasteiger charge is -2.14. The summed E-state index contributed by atoms with van der Waals surface area (Å²) >= 11 is 6.30. The summed E-state index contributed by atoms with van der Waals surface area (Å²) in [5.41, 5.74) is 8.00. The third-order valence-corrected chi connectivity index (χ3v) is 3.72. The van der Waals surface area contributed by atoms with Gasteiger partial charge in [-0.25, -0.2) is 9.37 Å². The van der Waals surface area contributed by atoms with Crippen molar-refractivity contribution in [3.63, 3.8) is 0 Å². The van der Waals surface area contributed by atoms with Crippen molar-refractivity contribution in [3.8, 4) is 11.4 Å². The zero-order chi connectivity index (χ0) is 15.1. The van der Waals surface area contributed by atoms with Crippen LogP contribution in [0, 0.1) is 5.82 Å². The molecule has 0 saturated heterocycles. The van der Waals surface area contributed by atoms with Crippen LogP contribution in [0.5, 0.6) is 0 Å². The summed E-state index contributed by atoms with van der Waals surface area (Å²) in [6.45, 7) is 4.03. The fourth-order valence-corrected chi connectivity index (χ4v) is 2.77. The molecule has 21 heavy (non-hydrogen) atoms. The summed E-state index contributed by atoms with van der Waals surface area (Å²) in [4.78, 5) is 4.55. The third-order valence-electron chi connectivity index (χ3n) is 3.41. The first-order valence-corrected chi connectivity index (χ1v) is 7.08. The first-order chi connectivity index (χ1) is 9.99. The van der Waals surface area contributed by atoms with Crippen molar-refractivity contribution in [2.75, 3.05) is 5.73 Å². The van der Waals surface area contributed by atoms with Gasteiger partial charge in [0.1, 0.15) is 11.6 Å². The molecule has 0 aliphatic carbocycles. The Balaban J connectivity index is 2.37. The van der Waals surface area contributed by atoms with Gasteiger partial charge in [-0.2, -0.15) is 0 Å². The largest absolute Gasteiger partial charge is 0.399 e. The van der Waals surface area contributed by atoms with Crippen LogP contribution in [0.25, 0.3) is 22.4 Å². The van der Waals surface area contributed by atoms with E-state index in [0.29, 0.717) is 22.1 Å². The van der Waals surface area contributed by atoms with Crippen LogP contribution in [0.4, 0.5) is 10.1 Å². The summed E-state index contributed by atoms with van der Waals surface area (Å²) in [7, 11) is 0. The van der Waals surface area contributed by atoms with Gasteiger partial charge in [0.15, 0.2) is 0 Å². The molecular weight excluding hydrogens is 289 g/mol. The minimum Gasteiger partial charge on any atom is -0.399 e. The highest BCUT2D eigenvalue weighted by atomic mass is 35.5. The summed E-state index contributed by atoms with van der Waals surface area (Å²) in [5, 5.41) is 0.607. The quantitative estimate of drug-likeness (QED) is 0.700. The van der Waals surface area contributed by atoms with E-state index < -0.39 is 0 Å². The van der Waals surface area contributed by atoms with Crippen LogP contribution in [-0.4, -0.2) is 9.55 Å². The number of hydrogen-bond acceptors (Lipinski definition) is 2. The van der Waals surface area contributed by atoms with E-state index in [-0.39, 0.29) is 11.9 Å². The van der Waals surface area contributed by atoms with E-state index in [9.17, 15) is 4.39 Å². The van der Waals surface area contributed by atoms with Gasteiger partial charge in [0.25, 0.3) is 0 Å². The van der Waals surface area contributed by atoms with E-state index in [1.807, 2.05) is 36.6 Å². The Bertz CT molecular complexity index is 824. The molecule has 1 heterocycles. The smallest absolute Gasteiger partial charge is 0.144 e. The number of hydrogen-bond donors (Lipinski definition) is 1. The van der Waals surface area contributed by atoms with Gasteiger partial charge in [-0.3, -0.25) is 0 Å². The Morgan fingerprint density at radius 1 is 1.24 bits per heavy atom. The third kappa shape index (κ3) is 2.25. The Hall–Kier alpha value is -2.07. The predicted molar refractivity (Wildman–Crippen MR) is 84.9 cm³/mol. The zero-order valence-electron chi connectivity index (χ0n) is 11.8. The number of nitrogens with zero attached hydrogens (tertiary/aromatic N) is 2. The van der Waals surface area contributed by atoms with Crippen LogP contribution in [0.1, 0.15) is 19.9 Å². The number of rotatable bonds is 2. The SMILES string of the molecule is CC(C)n1c(-c2ccc(N)cc2F)nc2cccc(Cl)c21. The number of aromatic nitrogens is 2. The van der Waals surface area contributed by atoms with Crippen LogP contribution < -0.4 is 5.73 Å². The number of halogens is 2. The molecule has 3 aromatic rings. The topological polar surface area (TPSA) is 43.8 Å². The van der Waals surface area contributed by atoms with E-state index >= 15 is 0 Å². The van der Waals surface area contributed by atoms with E-state index in [0.717, 1.165) is 11.0 Å². The van der Waals surface area contributed by atoms with Gasteiger partial charge in [0, 0.05) is 11.7 Å². The summed E-state index contributed by atoms with van der Waals surface area (Å²) in [6.07, 6.45) is 0. The van der Waals surface area contributed by atoms with Crippen LogP contribution in [-0.2, 0) is 0 Å². The second kappa shape index (κ2) is 5.04. The standard InChI is InChI=1S/C16H15ClFN3/c1-9(2)21-15-12(17)4-3-5-14(15)20-16(21)11-7-6-10(19)8-13(11)18/h3-9H,19H2,1-2H3. The van der Waals surface area contributed by atoms with Crippen molar-refractivity contribution in [1.29, 1.82) is 0 Å². The van der Waals surface area contributed by atoms with Gasteiger partial charge >= 0.3 is 0 Å². The lowest BCUT2D eigenvalue weighted by atomic mass is 10.1. The van der Waals surface area contributed by atoms with E-state index in [4.69, 9.17) is 17.3 Å². The van der Waals surface area contributed by atoms with Crippen LogP contribution >= 0.6 is 11.6 Å². The molecule has 0 atom stereocenters. The molecule has 3 rings (SSSR count). The fourth-order valence-electron chi connectivity index (χ4n) is 2.51. The molecule has 2 N–H and O–H groups in total. The number of imidazole rings is 1. The molecule has 1 aromatic heterocycles. The average molecular weight is 304 g/mol. The predicted octanol–water partition coefficient (Wildman–Crippen LogP) is 4.66. The van der Waals surface area contributed by atoms with E-state index in [1.54, 1.807) is 12.1 Å². The molecule has 0 unspecified atom stereocenters. The summed E-state index contributed by atoms with van der Waals surface area (Å²) in [6, 6.07) is 10.3. The second-order valence-electron chi connectivity index (χ2n) is 5.25. The average Bonchev–Trinajstić information content (AvgIpc) is 2.79. The maximum Gasteiger partial charge on any atom is 0.144 e. The molecule has 108 valence electrons. The molecule has 0 spiro atoms. The number of para-hydroxylation sites is 1.